The van der Waals surface area contributed by atoms with Crippen LogP contribution in [0.3, 0.4) is 0 Å². The molecule has 0 fully saturated rings. The second kappa shape index (κ2) is 4.29. The molecule has 0 amide bonds. The van der Waals surface area contributed by atoms with Gasteiger partial charge in [-0.05, 0) is 12.1 Å². The predicted molar refractivity (Wildman–Crippen MR) is 58.3 cm³/mol. The molecule has 1 atom stereocenters. The lowest BCUT2D eigenvalue weighted by Gasteiger charge is -1.95. The summed E-state index contributed by atoms with van der Waals surface area (Å²) < 4.78 is 0. The van der Waals surface area contributed by atoms with Gasteiger partial charge in [-0.15, -0.1) is 16.8 Å². The Morgan fingerprint density at radius 1 is 1.40 bits per heavy atom. The zero-order chi connectivity index (χ0) is 10.7. The minimum absolute atomic E-state index is 0.533. The molecule has 15 heavy (non-hydrogen) atoms. The molecule has 1 N–H and O–H groups in total. The van der Waals surface area contributed by atoms with E-state index in [0.717, 1.165) is 5.69 Å². The first-order valence-corrected chi connectivity index (χ1v) is 5.18. The number of aliphatic hydroxyl groups excluding tert-OH is 1. The van der Waals surface area contributed by atoms with Crippen LogP contribution in [-0.2, 0) is 0 Å². The van der Waals surface area contributed by atoms with Crippen LogP contribution in [0.15, 0.2) is 37.1 Å². The molecule has 5 heteroatoms. The molecule has 4 nitrogen and oxygen atoms in total. The van der Waals surface area contributed by atoms with E-state index in [-0.39, 0.29) is 0 Å². The van der Waals surface area contributed by atoms with E-state index >= 15 is 0 Å². The average Bonchev–Trinajstić information content (AvgIpc) is 2.78. The van der Waals surface area contributed by atoms with E-state index in [4.69, 9.17) is 0 Å². The SMILES string of the molecule is C=CC(O)c1nnc(-c2ccccn2)s1. The summed E-state index contributed by atoms with van der Waals surface area (Å²) in [6.07, 6.45) is 2.36. The molecule has 0 aromatic carbocycles. The van der Waals surface area contributed by atoms with Gasteiger partial charge in [-0.3, -0.25) is 4.98 Å². The van der Waals surface area contributed by atoms with Crippen LogP contribution >= 0.6 is 11.3 Å². The fraction of sp³-hybridized carbons (Fsp3) is 0.100. The molecule has 2 heterocycles. The van der Waals surface area contributed by atoms with Gasteiger partial charge in [-0.1, -0.05) is 23.5 Å². The summed E-state index contributed by atoms with van der Waals surface area (Å²) in [4.78, 5) is 4.15. The molecule has 1 unspecified atom stereocenters. The summed E-state index contributed by atoms with van der Waals surface area (Å²) in [6, 6.07) is 5.57. The summed E-state index contributed by atoms with van der Waals surface area (Å²) in [5, 5.41) is 18.5. The Balaban J connectivity index is 2.32. The highest BCUT2D eigenvalue weighted by atomic mass is 32.1. The van der Waals surface area contributed by atoms with Crippen LogP contribution in [0.1, 0.15) is 11.1 Å². The molecular formula is C10H9N3OS. The maximum atomic E-state index is 9.46. The van der Waals surface area contributed by atoms with Gasteiger partial charge in [-0.25, -0.2) is 0 Å². The summed E-state index contributed by atoms with van der Waals surface area (Å²) in [7, 11) is 0. The van der Waals surface area contributed by atoms with Crippen molar-refractivity contribution in [3.05, 3.63) is 42.1 Å². The molecule has 2 rings (SSSR count). The Hall–Kier alpha value is -1.59. The fourth-order valence-corrected chi connectivity index (χ4v) is 1.85. The van der Waals surface area contributed by atoms with Crippen molar-refractivity contribution in [2.24, 2.45) is 0 Å². The van der Waals surface area contributed by atoms with Gasteiger partial charge < -0.3 is 5.11 Å². The van der Waals surface area contributed by atoms with Gasteiger partial charge in [0.1, 0.15) is 16.8 Å². The Labute approximate surface area is 91.0 Å². The van der Waals surface area contributed by atoms with Gasteiger partial charge in [0.05, 0.1) is 0 Å². The van der Waals surface area contributed by atoms with Crippen LogP contribution in [0.25, 0.3) is 10.7 Å². The van der Waals surface area contributed by atoms with Gasteiger partial charge in [0.25, 0.3) is 0 Å². The Kier molecular flexibility index (Phi) is 2.84. The summed E-state index contributed by atoms with van der Waals surface area (Å²) in [5.74, 6) is 0. The van der Waals surface area contributed by atoms with Crippen molar-refractivity contribution in [3.8, 4) is 10.7 Å². The summed E-state index contributed by atoms with van der Waals surface area (Å²) in [6.45, 7) is 3.49. The molecule has 0 bridgehead atoms. The van der Waals surface area contributed by atoms with Crippen molar-refractivity contribution >= 4 is 11.3 Å². The van der Waals surface area contributed by atoms with Crippen molar-refractivity contribution in [1.29, 1.82) is 0 Å². The minimum atomic E-state index is -0.750. The van der Waals surface area contributed by atoms with Crippen LogP contribution in [0.5, 0.6) is 0 Å². The average molecular weight is 219 g/mol. The van der Waals surface area contributed by atoms with E-state index in [1.54, 1.807) is 6.20 Å². The van der Waals surface area contributed by atoms with Gasteiger partial charge in [0.2, 0.25) is 0 Å². The van der Waals surface area contributed by atoms with Crippen LogP contribution < -0.4 is 0 Å². The highest BCUT2D eigenvalue weighted by Gasteiger charge is 2.11. The maximum absolute atomic E-state index is 9.46. The maximum Gasteiger partial charge on any atom is 0.166 e. The van der Waals surface area contributed by atoms with Crippen LogP contribution in [0.4, 0.5) is 0 Å². The first-order chi connectivity index (χ1) is 7.31. The first kappa shape index (κ1) is 9.95. The number of aliphatic hydroxyl groups is 1. The molecule has 0 aliphatic heterocycles. The van der Waals surface area contributed by atoms with Crippen molar-refractivity contribution in [1.82, 2.24) is 15.2 Å². The second-order valence-electron chi connectivity index (χ2n) is 2.84. The number of rotatable bonds is 3. The lowest BCUT2D eigenvalue weighted by molar-refractivity contribution is 0.227. The van der Waals surface area contributed by atoms with Crippen LogP contribution in [0.2, 0.25) is 0 Å². The highest BCUT2D eigenvalue weighted by molar-refractivity contribution is 7.14. The van der Waals surface area contributed by atoms with Gasteiger partial charge in [0.15, 0.2) is 5.01 Å². The third-order valence-corrected chi connectivity index (χ3v) is 2.82. The third-order valence-electron chi connectivity index (χ3n) is 1.80. The monoisotopic (exact) mass is 219 g/mol. The molecule has 0 saturated heterocycles. The Morgan fingerprint density at radius 2 is 2.27 bits per heavy atom. The number of hydrogen-bond acceptors (Lipinski definition) is 5. The molecule has 76 valence electrons. The van der Waals surface area contributed by atoms with Crippen LogP contribution in [-0.4, -0.2) is 20.3 Å². The second-order valence-corrected chi connectivity index (χ2v) is 3.85. The standard InChI is InChI=1S/C10H9N3OS/c1-2-8(14)10-13-12-9(15-10)7-5-3-4-6-11-7/h2-6,8,14H,1H2. The topological polar surface area (TPSA) is 58.9 Å². The largest absolute Gasteiger partial charge is 0.382 e. The number of pyridine rings is 1. The molecule has 0 aliphatic rings. The van der Waals surface area contributed by atoms with Gasteiger partial charge in [0, 0.05) is 6.20 Å². The first-order valence-electron chi connectivity index (χ1n) is 4.36. The normalized spacial score (nSPS) is 12.3. The lowest BCUT2D eigenvalue weighted by atomic mass is 10.4. The molecule has 2 aromatic heterocycles. The molecule has 0 saturated carbocycles. The van der Waals surface area contributed by atoms with Gasteiger partial charge in [-0.2, -0.15) is 0 Å². The number of hydrogen-bond donors (Lipinski definition) is 1. The molecule has 0 aliphatic carbocycles. The van der Waals surface area contributed by atoms with Crippen molar-refractivity contribution in [2.75, 3.05) is 0 Å². The number of aromatic nitrogens is 3. The zero-order valence-corrected chi connectivity index (χ0v) is 8.68. The Bertz CT molecular complexity index is 455. The highest BCUT2D eigenvalue weighted by Crippen LogP contribution is 2.25. The zero-order valence-electron chi connectivity index (χ0n) is 7.87. The third kappa shape index (κ3) is 2.08. The van der Waals surface area contributed by atoms with Gasteiger partial charge >= 0.3 is 0 Å². The van der Waals surface area contributed by atoms with Crippen molar-refractivity contribution < 1.29 is 5.11 Å². The molecule has 2 aromatic rings. The fourth-order valence-electron chi connectivity index (χ4n) is 1.05. The van der Waals surface area contributed by atoms with Crippen molar-refractivity contribution in [2.45, 2.75) is 6.10 Å². The molecule has 0 spiro atoms. The smallest absolute Gasteiger partial charge is 0.166 e. The quantitative estimate of drug-likeness (QED) is 0.800. The van der Waals surface area contributed by atoms with E-state index < -0.39 is 6.10 Å². The van der Waals surface area contributed by atoms with E-state index in [0.29, 0.717) is 10.0 Å². The van der Waals surface area contributed by atoms with E-state index in [1.165, 1.54) is 17.4 Å². The number of nitrogens with zero attached hydrogens (tertiary/aromatic N) is 3. The van der Waals surface area contributed by atoms with E-state index in [2.05, 4.69) is 21.8 Å². The van der Waals surface area contributed by atoms with Crippen molar-refractivity contribution in [3.63, 3.8) is 0 Å². The summed E-state index contributed by atoms with van der Waals surface area (Å²) >= 11 is 1.31. The molecular weight excluding hydrogens is 210 g/mol. The predicted octanol–water partition coefficient (Wildman–Crippen LogP) is 1.82. The lowest BCUT2D eigenvalue weighted by Crippen LogP contribution is -1.90. The van der Waals surface area contributed by atoms with E-state index in [9.17, 15) is 5.11 Å². The summed E-state index contributed by atoms with van der Waals surface area (Å²) in [5.41, 5.74) is 0.762. The van der Waals surface area contributed by atoms with Crippen LogP contribution in [0, 0.1) is 0 Å². The van der Waals surface area contributed by atoms with E-state index in [1.807, 2.05) is 18.2 Å². The minimum Gasteiger partial charge on any atom is -0.382 e. The Morgan fingerprint density at radius 3 is 2.93 bits per heavy atom. The molecule has 0 radical (unpaired) electrons.